The second-order valence-electron chi connectivity index (χ2n) is 4.70. The molecule has 0 atom stereocenters. The summed E-state index contributed by atoms with van der Waals surface area (Å²) in [4.78, 5) is 5.01. The summed E-state index contributed by atoms with van der Waals surface area (Å²) < 4.78 is 0. The fourth-order valence-electron chi connectivity index (χ4n) is 2.05. The molecule has 0 aromatic heterocycles. The summed E-state index contributed by atoms with van der Waals surface area (Å²) >= 11 is 0. The van der Waals surface area contributed by atoms with E-state index in [2.05, 4.69) is 34.8 Å². The Hall–Kier alpha value is -2.18. The van der Waals surface area contributed by atoms with Crippen LogP contribution in [0.4, 0.5) is 11.4 Å². The van der Waals surface area contributed by atoms with Crippen LogP contribution in [-0.4, -0.2) is 13.1 Å². The lowest BCUT2D eigenvalue weighted by molar-refractivity contribution is 0.677. The van der Waals surface area contributed by atoms with E-state index in [0.717, 1.165) is 44.5 Å². The number of nitriles is 1. The Morgan fingerprint density at radius 3 is 2.40 bits per heavy atom. The number of azide groups is 1. The van der Waals surface area contributed by atoms with E-state index in [9.17, 15) is 5.26 Å². The summed E-state index contributed by atoms with van der Waals surface area (Å²) in [6.07, 6.45) is 4.46. The minimum atomic E-state index is 0.485. The first-order valence-electron chi connectivity index (χ1n) is 7.11. The van der Waals surface area contributed by atoms with E-state index in [1.807, 2.05) is 6.07 Å². The van der Waals surface area contributed by atoms with Crippen LogP contribution in [0.5, 0.6) is 0 Å². The molecule has 0 saturated heterocycles. The van der Waals surface area contributed by atoms with Crippen molar-refractivity contribution in [2.24, 2.45) is 5.11 Å². The van der Waals surface area contributed by atoms with Gasteiger partial charge < -0.3 is 4.90 Å². The van der Waals surface area contributed by atoms with Gasteiger partial charge >= 0.3 is 0 Å². The minimum Gasteiger partial charge on any atom is -0.370 e. The van der Waals surface area contributed by atoms with Gasteiger partial charge in [-0.3, -0.25) is 0 Å². The third-order valence-corrected chi connectivity index (χ3v) is 3.16. The number of hydrogen-bond donors (Lipinski definition) is 0. The van der Waals surface area contributed by atoms with Gasteiger partial charge in [0.2, 0.25) is 0 Å². The zero-order valence-electron chi connectivity index (χ0n) is 12.2. The summed E-state index contributed by atoms with van der Waals surface area (Å²) in [6, 6.07) is 7.50. The molecule has 1 aromatic rings. The van der Waals surface area contributed by atoms with Crippen LogP contribution in [0.25, 0.3) is 10.4 Å². The molecule has 0 amide bonds. The van der Waals surface area contributed by atoms with Crippen LogP contribution >= 0.6 is 0 Å². The predicted molar refractivity (Wildman–Crippen MR) is 82.0 cm³/mol. The van der Waals surface area contributed by atoms with Gasteiger partial charge in [-0.25, -0.2) is 0 Å². The van der Waals surface area contributed by atoms with Gasteiger partial charge in [-0.2, -0.15) is 5.26 Å². The Morgan fingerprint density at radius 2 is 1.90 bits per heavy atom. The number of anilines is 1. The standard InChI is InChI=1S/C15H21N5/c1-3-5-9-20(10-6-4-2)15-8-7-14(18-19-17)11-13(15)12-16/h7-8,11H,3-6,9-10H2,1-2H3. The number of rotatable bonds is 8. The molecular weight excluding hydrogens is 250 g/mol. The summed E-state index contributed by atoms with van der Waals surface area (Å²) in [7, 11) is 0. The first-order chi connectivity index (χ1) is 9.76. The van der Waals surface area contributed by atoms with E-state index >= 15 is 0 Å². The van der Waals surface area contributed by atoms with Gasteiger partial charge in [0, 0.05) is 23.7 Å². The van der Waals surface area contributed by atoms with Gasteiger partial charge in [0.25, 0.3) is 0 Å². The predicted octanol–water partition coefficient (Wildman–Crippen LogP) is 4.91. The fourth-order valence-corrected chi connectivity index (χ4v) is 2.05. The molecule has 1 aromatic carbocycles. The molecule has 1 rings (SSSR count). The normalized spacial score (nSPS) is 9.65. The highest BCUT2D eigenvalue weighted by molar-refractivity contribution is 5.64. The van der Waals surface area contributed by atoms with Gasteiger partial charge in [-0.15, -0.1) is 0 Å². The van der Waals surface area contributed by atoms with Crippen molar-refractivity contribution in [1.82, 2.24) is 0 Å². The maximum Gasteiger partial charge on any atom is 0.101 e. The van der Waals surface area contributed by atoms with Crippen molar-refractivity contribution in [2.45, 2.75) is 39.5 Å². The van der Waals surface area contributed by atoms with Gasteiger partial charge in [-0.1, -0.05) is 37.9 Å². The molecule has 106 valence electrons. The van der Waals surface area contributed by atoms with Crippen LogP contribution in [0.15, 0.2) is 23.3 Å². The van der Waals surface area contributed by atoms with Gasteiger partial charge in [0.15, 0.2) is 0 Å². The lowest BCUT2D eigenvalue weighted by Gasteiger charge is -2.25. The quantitative estimate of drug-likeness (QED) is 0.383. The maximum absolute atomic E-state index is 9.30. The first kappa shape index (κ1) is 15.9. The van der Waals surface area contributed by atoms with Crippen LogP contribution in [-0.2, 0) is 0 Å². The van der Waals surface area contributed by atoms with E-state index in [1.54, 1.807) is 12.1 Å². The van der Waals surface area contributed by atoms with Gasteiger partial charge in [-0.05, 0) is 30.5 Å². The Balaban J connectivity index is 3.04. The van der Waals surface area contributed by atoms with E-state index in [0.29, 0.717) is 11.3 Å². The van der Waals surface area contributed by atoms with Crippen molar-refractivity contribution in [3.63, 3.8) is 0 Å². The van der Waals surface area contributed by atoms with E-state index in [4.69, 9.17) is 5.53 Å². The summed E-state index contributed by atoms with van der Waals surface area (Å²) in [5, 5.41) is 12.9. The van der Waals surface area contributed by atoms with Crippen LogP contribution < -0.4 is 4.90 Å². The highest BCUT2D eigenvalue weighted by Crippen LogP contribution is 2.26. The third-order valence-electron chi connectivity index (χ3n) is 3.16. The first-order valence-corrected chi connectivity index (χ1v) is 7.11. The average Bonchev–Trinajstić information content (AvgIpc) is 2.48. The molecule has 0 heterocycles. The molecule has 0 N–H and O–H groups in total. The molecule has 0 spiro atoms. The molecule has 5 nitrogen and oxygen atoms in total. The maximum atomic E-state index is 9.30. The Bertz CT molecular complexity index is 503. The molecule has 0 unspecified atom stereocenters. The van der Waals surface area contributed by atoms with Gasteiger partial charge in [0.05, 0.1) is 11.3 Å². The zero-order chi connectivity index (χ0) is 14.8. The lowest BCUT2D eigenvalue weighted by Crippen LogP contribution is -2.26. The molecule has 20 heavy (non-hydrogen) atoms. The monoisotopic (exact) mass is 271 g/mol. The number of benzene rings is 1. The number of hydrogen-bond acceptors (Lipinski definition) is 3. The highest BCUT2D eigenvalue weighted by atomic mass is 15.1. The Morgan fingerprint density at radius 1 is 1.25 bits per heavy atom. The minimum absolute atomic E-state index is 0.485. The molecule has 0 saturated carbocycles. The summed E-state index contributed by atoms with van der Waals surface area (Å²) in [5.74, 6) is 0. The Kier molecular flexibility index (Phi) is 7.02. The van der Waals surface area contributed by atoms with Crippen molar-refractivity contribution >= 4 is 11.4 Å². The second kappa shape index (κ2) is 8.84. The average molecular weight is 271 g/mol. The van der Waals surface area contributed by atoms with Crippen LogP contribution in [0, 0.1) is 11.3 Å². The lowest BCUT2D eigenvalue weighted by atomic mass is 10.1. The fraction of sp³-hybridized carbons (Fsp3) is 0.533. The smallest absolute Gasteiger partial charge is 0.101 e. The third kappa shape index (κ3) is 4.49. The van der Waals surface area contributed by atoms with Crippen molar-refractivity contribution in [1.29, 1.82) is 5.26 Å². The molecule has 0 aliphatic rings. The van der Waals surface area contributed by atoms with Crippen LogP contribution in [0.2, 0.25) is 0 Å². The molecule has 0 radical (unpaired) electrons. The van der Waals surface area contributed by atoms with Crippen LogP contribution in [0.3, 0.4) is 0 Å². The summed E-state index contributed by atoms with van der Waals surface area (Å²) in [5.41, 5.74) is 10.5. The Labute approximate surface area is 120 Å². The van der Waals surface area contributed by atoms with E-state index in [1.165, 1.54) is 0 Å². The van der Waals surface area contributed by atoms with E-state index < -0.39 is 0 Å². The van der Waals surface area contributed by atoms with Crippen molar-refractivity contribution in [3.8, 4) is 6.07 Å². The molecular formula is C15H21N5. The highest BCUT2D eigenvalue weighted by Gasteiger charge is 2.11. The molecule has 0 aliphatic carbocycles. The second-order valence-corrected chi connectivity index (χ2v) is 4.70. The molecule has 0 bridgehead atoms. The van der Waals surface area contributed by atoms with Gasteiger partial charge in [0.1, 0.15) is 6.07 Å². The summed E-state index contributed by atoms with van der Waals surface area (Å²) in [6.45, 7) is 6.22. The zero-order valence-corrected chi connectivity index (χ0v) is 12.2. The van der Waals surface area contributed by atoms with Crippen molar-refractivity contribution in [2.75, 3.05) is 18.0 Å². The van der Waals surface area contributed by atoms with Crippen molar-refractivity contribution < 1.29 is 0 Å². The number of nitrogens with zero attached hydrogens (tertiary/aromatic N) is 5. The SMILES string of the molecule is CCCCN(CCCC)c1ccc(N=[N+]=[N-])cc1C#N. The molecule has 0 fully saturated rings. The molecule has 5 heteroatoms. The molecule has 0 aliphatic heterocycles. The topological polar surface area (TPSA) is 75.8 Å². The largest absolute Gasteiger partial charge is 0.370 e. The van der Waals surface area contributed by atoms with E-state index in [-0.39, 0.29) is 0 Å². The van der Waals surface area contributed by atoms with Crippen molar-refractivity contribution in [3.05, 3.63) is 34.2 Å². The van der Waals surface area contributed by atoms with Crippen LogP contribution in [0.1, 0.15) is 45.1 Å². The number of unbranched alkanes of at least 4 members (excludes halogenated alkanes) is 2.